The molecule has 1 atom stereocenters. The van der Waals surface area contributed by atoms with Gasteiger partial charge in [0.05, 0.1) is 12.7 Å². The van der Waals surface area contributed by atoms with Gasteiger partial charge in [-0.3, -0.25) is 4.79 Å². The Morgan fingerprint density at radius 3 is 2.59 bits per heavy atom. The fourth-order valence-corrected chi connectivity index (χ4v) is 1.58. The van der Waals surface area contributed by atoms with Crippen LogP contribution in [0.2, 0.25) is 0 Å². The Hall–Kier alpha value is -1.18. The standard InChI is InChI=1S/C10H18N2O5/c13-5-8(10(15)16)12-9(14)6-17-7-1-3-11-4-2-7/h7-8,11,13H,1-6H2,(H,12,14)(H,15,16)/t8-/m0/s1. The quantitative estimate of drug-likeness (QED) is 0.446. The van der Waals surface area contributed by atoms with E-state index in [9.17, 15) is 9.59 Å². The van der Waals surface area contributed by atoms with Gasteiger partial charge in [0.15, 0.2) is 0 Å². The topological polar surface area (TPSA) is 108 Å². The minimum absolute atomic E-state index is 0.0411. The van der Waals surface area contributed by atoms with Crippen molar-refractivity contribution in [2.45, 2.75) is 25.0 Å². The molecule has 0 aromatic carbocycles. The molecule has 1 amide bonds. The zero-order valence-corrected chi connectivity index (χ0v) is 9.52. The van der Waals surface area contributed by atoms with Crippen LogP contribution >= 0.6 is 0 Å². The average Bonchev–Trinajstić information content (AvgIpc) is 2.34. The van der Waals surface area contributed by atoms with Gasteiger partial charge >= 0.3 is 5.97 Å². The number of hydrogen-bond donors (Lipinski definition) is 4. The molecule has 0 aliphatic carbocycles. The van der Waals surface area contributed by atoms with Crippen LogP contribution < -0.4 is 10.6 Å². The molecule has 0 saturated carbocycles. The summed E-state index contributed by atoms with van der Waals surface area (Å²) in [5, 5.41) is 22.7. The maximum absolute atomic E-state index is 11.3. The largest absolute Gasteiger partial charge is 0.480 e. The summed E-state index contributed by atoms with van der Waals surface area (Å²) >= 11 is 0. The zero-order valence-electron chi connectivity index (χ0n) is 9.52. The van der Waals surface area contributed by atoms with Crippen molar-refractivity contribution in [3.8, 4) is 0 Å². The van der Waals surface area contributed by atoms with Gasteiger partial charge in [0.25, 0.3) is 0 Å². The third-order valence-corrected chi connectivity index (χ3v) is 2.55. The summed E-state index contributed by atoms with van der Waals surface area (Å²) in [6, 6.07) is -1.26. The van der Waals surface area contributed by atoms with E-state index in [1.807, 2.05) is 0 Å². The minimum Gasteiger partial charge on any atom is -0.480 e. The highest BCUT2D eigenvalue weighted by Crippen LogP contribution is 2.06. The van der Waals surface area contributed by atoms with Gasteiger partial charge in [-0.25, -0.2) is 4.79 Å². The highest BCUT2D eigenvalue weighted by Gasteiger charge is 2.20. The van der Waals surface area contributed by atoms with E-state index in [2.05, 4.69) is 10.6 Å². The van der Waals surface area contributed by atoms with Gasteiger partial charge < -0.3 is 25.6 Å². The highest BCUT2D eigenvalue weighted by atomic mass is 16.5. The van der Waals surface area contributed by atoms with Crippen LogP contribution in [0.5, 0.6) is 0 Å². The molecule has 1 fully saturated rings. The normalized spacial score (nSPS) is 18.6. The number of carboxylic acids is 1. The van der Waals surface area contributed by atoms with E-state index in [0.717, 1.165) is 25.9 Å². The summed E-state index contributed by atoms with van der Waals surface area (Å²) in [6.07, 6.45) is 1.73. The van der Waals surface area contributed by atoms with E-state index >= 15 is 0 Å². The molecule has 1 aliphatic heterocycles. The van der Waals surface area contributed by atoms with Crippen LogP contribution in [0.15, 0.2) is 0 Å². The monoisotopic (exact) mass is 246 g/mol. The number of ether oxygens (including phenoxy) is 1. The Balaban J connectivity index is 2.21. The van der Waals surface area contributed by atoms with Crippen molar-refractivity contribution < 1.29 is 24.5 Å². The molecule has 1 heterocycles. The Bertz CT molecular complexity index is 265. The highest BCUT2D eigenvalue weighted by molar-refractivity contribution is 5.84. The molecule has 1 rings (SSSR count). The minimum atomic E-state index is -1.26. The van der Waals surface area contributed by atoms with E-state index in [4.69, 9.17) is 14.9 Å². The second kappa shape index (κ2) is 7.21. The summed E-state index contributed by atoms with van der Waals surface area (Å²) in [5.74, 6) is -1.78. The summed E-state index contributed by atoms with van der Waals surface area (Å²) in [6.45, 7) is 0.921. The molecule has 0 bridgehead atoms. The molecular formula is C10H18N2O5. The number of carboxylic acid groups (broad SMARTS) is 1. The van der Waals surface area contributed by atoms with Crippen LogP contribution in [-0.2, 0) is 14.3 Å². The summed E-state index contributed by atoms with van der Waals surface area (Å²) in [4.78, 5) is 21.9. The van der Waals surface area contributed by atoms with Crippen LogP contribution in [0.1, 0.15) is 12.8 Å². The maximum Gasteiger partial charge on any atom is 0.328 e. The molecule has 0 radical (unpaired) electrons. The number of piperidine rings is 1. The molecule has 0 spiro atoms. The number of aliphatic hydroxyl groups excluding tert-OH is 1. The van der Waals surface area contributed by atoms with Crippen molar-refractivity contribution in [1.82, 2.24) is 10.6 Å². The molecular weight excluding hydrogens is 228 g/mol. The van der Waals surface area contributed by atoms with Gasteiger partial charge in [-0.15, -0.1) is 0 Å². The number of amides is 1. The van der Waals surface area contributed by atoms with Crippen LogP contribution in [0, 0.1) is 0 Å². The lowest BCUT2D eigenvalue weighted by molar-refractivity contribution is -0.144. The first-order valence-electron chi connectivity index (χ1n) is 5.59. The number of hydrogen-bond acceptors (Lipinski definition) is 5. The second-order valence-electron chi connectivity index (χ2n) is 3.90. The van der Waals surface area contributed by atoms with Crippen LogP contribution in [-0.4, -0.2) is 60.5 Å². The molecule has 0 unspecified atom stereocenters. The zero-order chi connectivity index (χ0) is 12.7. The number of carbonyl (C=O) groups excluding carboxylic acids is 1. The predicted octanol–water partition coefficient (Wildman–Crippen LogP) is -1.68. The van der Waals surface area contributed by atoms with Crippen molar-refractivity contribution in [2.24, 2.45) is 0 Å². The molecule has 98 valence electrons. The van der Waals surface area contributed by atoms with Crippen LogP contribution in [0.4, 0.5) is 0 Å². The van der Waals surface area contributed by atoms with E-state index in [1.54, 1.807) is 0 Å². The number of nitrogens with one attached hydrogen (secondary N) is 2. The van der Waals surface area contributed by atoms with Gasteiger partial charge in [-0.1, -0.05) is 0 Å². The SMILES string of the molecule is O=C(COC1CCNCC1)N[C@@H](CO)C(=O)O. The summed E-state index contributed by atoms with van der Waals surface area (Å²) < 4.78 is 5.34. The molecule has 1 aliphatic rings. The number of aliphatic carboxylic acids is 1. The first-order chi connectivity index (χ1) is 8.13. The number of carbonyl (C=O) groups is 2. The predicted molar refractivity (Wildman–Crippen MR) is 58.5 cm³/mol. The number of aliphatic hydroxyl groups is 1. The summed E-state index contributed by atoms with van der Waals surface area (Å²) in [7, 11) is 0. The molecule has 17 heavy (non-hydrogen) atoms. The van der Waals surface area contributed by atoms with Gasteiger partial charge in [0.2, 0.25) is 5.91 Å². The molecule has 7 nitrogen and oxygen atoms in total. The van der Waals surface area contributed by atoms with Crippen molar-refractivity contribution in [3.63, 3.8) is 0 Å². The van der Waals surface area contributed by atoms with Gasteiger partial charge in [0.1, 0.15) is 12.6 Å². The van der Waals surface area contributed by atoms with E-state index in [0.29, 0.717) is 0 Å². The van der Waals surface area contributed by atoms with Gasteiger partial charge in [0, 0.05) is 0 Å². The Morgan fingerprint density at radius 2 is 2.06 bits per heavy atom. The van der Waals surface area contributed by atoms with E-state index in [-0.39, 0.29) is 12.7 Å². The fraction of sp³-hybridized carbons (Fsp3) is 0.800. The lowest BCUT2D eigenvalue weighted by Gasteiger charge is -2.22. The molecule has 4 N–H and O–H groups in total. The lowest BCUT2D eigenvalue weighted by atomic mass is 10.1. The molecule has 7 heteroatoms. The third kappa shape index (κ3) is 5.12. The first kappa shape index (κ1) is 13.9. The maximum atomic E-state index is 11.3. The summed E-state index contributed by atoms with van der Waals surface area (Å²) in [5.41, 5.74) is 0. The smallest absolute Gasteiger partial charge is 0.328 e. The van der Waals surface area contributed by atoms with Crippen molar-refractivity contribution in [3.05, 3.63) is 0 Å². The lowest BCUT2D eigenvalue weighted by Crippen LogP contribution is -2.45. The van der Waals surface area contributed by atoms with Gasteiger partial charge in [-0.2, -0.15) is 0 Å². The number of rotatable bonds is 6. The molecule has 0 aromatic rings. The average molecular weight is 246 g/mol. The Morgan fingerprint density at radius 1 is 1.41 bits per heavy atom. The van der Waals surface area contributed by atoms with Crippen molar-refractivity contribution in [1.29, 1.82) is 0 Å². The van der Waals surface area contributed by atoms with Crippen LogP contribution in [0.3, 0.4) is 0 Å². The fourth-order valence-electron chi connectivity index (χ4n) is 1.58. The van der Waals surface area contributed by atoms with Crippen molar-refractivity contribution in [2.75, 3.05) is 26.3 Å². The van der Waals surface area contributed by atoms with Crippen molar-refractivity contribution >= 4 is 11.9 Å². The first-order valence-corrected chi connectivity index (χ1v) is 5.59. The second-order valence-corrected chi connectivity index (χ2v) is 3.90. The van der Waals surface area contributed by atoms with E-state index in [1.165, 1.54) is 0 Å². The molecule has 1 saturated heterocycles. The van der Waals surface area contributed by atoms with Crippen LogP contribution in [0.25, 0.3) is 0 Å². The van der Waals surface area contributed by atoms with E-state index < -0.39 is 24.5 Å². The Labute approximate surface area is 99.1 Å². The molecule has 0 aromatic heterocycles. The van der Waals surface area contributed by atoms with Gasteiger partial charge in [-0.05, 0) is 25.9 Å². The Kier molecular flexibility index (Phi) is 5.88. The third-order valence-electron chi connectivity index (χ3n) is 2.55.